The van der Waals surface area contributed by atoms with Crippen molar-refractivity contribution in [1.29, 1.82) is 0 Å². The fourth-order valence-corrected chi connectivity index (χ4v) is 6.04. The zero-order valence-corrected chi connectivity index (χ0v) is 13.8. The van der Waals surface area contributed by atoms with E-state index >= 15 is 0 Å². The molecule has 0 saturated carbocycles. The van der Waals surface area contributed by atoms with Crippen LogP contribution in [0.4, 0.5) is 5.69 Å². The Labute approximate surface area is 128 Å². The smallest absolute Gasteiger partial charge is 0.341 e. The van der Waals surface area contributed by atoms with Gasteiger partial charge in [0.15, 0.2) is 5.40 Å². The molecule has 1 unspecified atom stereocenters. The lowest BCUT2D eigenvalue weighted by Crippen LogP contribution is -2.22. The van der Waals surface area contributed by atoms with Gasteiger partial charge < -0.3 is 25.3 Å². The van der Waals surface area contributed by atoms with Crippen LogP contribution in [0, 0.1) is 0 Å². The molecule has 120 valence electrons. The molecule has 1 atom stereocenters. The van der Waals surface area contributed by atoms with Crippen molar-refractivity contribution in [3.05, 3.63) is 29.8 Å². The molecule has 0 aliphatic heterocycles. The van der Waals surface area contributed by atoms with Crippen LogP contribution in [0.1, 0.15) is 18.4 Å². The Hall–Kier alpha value is -0.330. The summed E-state index contributed by atoms with van der Waals surface area (Å²) in [4.78, 5) is 36.4. The number of aryl methyl sites for hydroxylation is 1. The van der Waals surface area contributed by atoms with Gasteiger partial charge >= 0.3 is 15.2 Å². The molecule has 0 amide bonds. The summed E-state index contributed by atoms with van der Waals surface area (Å²) in [6.07, 6.45) is 1.23. The van der Waals surface area contributed by atoms with Crippen molar-refractivity contribution in [2.75, 3.05) is 5.73 Å². The molecule has 0 radical (unpaired) electrons. The van der Waals surface area contributed by atoms with E-state index in [-0.39, 0.29) is 6.42 Å². The first-order valence-electron chi connectivity index (χ1n) is 6.14. The monoisotopic (exact) mass is 355 g/mol. The van der Waals surface area contributed by atoms with Gasteiger partial charge in [-0.05, 0) is 37.0 Å². The molecule has 0 fully saturated rings. The average molecular weight is 355 g/mol. The van der Waals surface area contributed by atoms with Crippen molar-refractivity contribution < 1.29 is 28.7 Å². The Balaban J connectivity index is 2.65. The molecule has 1 aromatic rings. The minimum Gasteiger partial charge on any atom is -0.399 e. The first-order valence-corrected chi connectivity index (χ1v) is 10.0. The molecule has 1 rings (SSSR count). The summed E-state index contributed by atoms with van der Waals surface area (Å²) in [7, 11) is -9.87. The maximum atomic E-state index is 11.2. The Kier molecular flexibility index (Phi) is 6.50. The Bertz CT molecular complexity index is 550. The molecule has 6 N–H and O–H groups in total. The molecule has 0 aliphatic rings. The second kappa shape index (κ2) is 7.29. The van der Waals surface area contributed by atoms with Crippen molar-refractivity contribution in [3.8, 4) is 0 Å². The third kappa shape index (κ3) is 6.12. The van der Waals surface area contributed by atoms with E-state index in [2.05, 4.69) is 12.6 Å². The number of thiol groups is 1. The van der Waals surface area contributed by atoms with Gasteiger partial charge in [-0.25, -0.2) is 0 Å². The SMILES string of the molecule is Nc1cccc(CCCC(S)C(P(=O)(O)O)P(=O)(O)O)c1. The third-order valence-electron chi connectivity index (χ3n) is 2.95. The average Bonchev–Trinajstić information content (AvgIpc) is 2.24. The van der Waals surface area contributed by atoms with Crippen LogP contribution >= 0.6 is 27.8 Å². The lowest BCUT2D eigenvalue weighted by molar-refractivity contribution is 0.335. The van der Waals surface area contributed by atoms with Crippen LogP contribution in [0.15, 0.2) is 24.3 Å². The molecule has 10 heteroatoms. The van der Waals surface area contributed by atoms with Gasteiger partial charge in [0.1, 0.15) is 0 Å². The topological polar surface area (TPSA) is 141 Å². The van der Waals surface area contributed by atoms with Gasteiger partial charge in [0, 0.05) is 10.9 Å². The highest BCUT2D eigenvalue weighted by molar-refractivity contribution is 7.83. The largest absolute Gasteiger partial charge is 0.399 e. The number of hydrogen-bond donors (Lipinski definition) is 6. The van der Waals surface area contributed by atoms with Crippen molar-refractivity contribution in [2.45, 2.75) is 29.9 Å². The molecule has 1 aromatic carbocycles. The summed E-state index contributed by atoms with van der Waals surface area (Å²) >= 11 is 3.97. The molecule has 0 spiro atoms. The summed E-state index contributed by atoms with van der Waals surface area (Å²) in [6, 6.07) is 7.16. The van der Waals surface area contributed by atoms with Crippen LogP contribution in [0.25, 0.3) is 0 Å². The van der Waals surface area contributed by atoms with Gasteiger partial charge in [-0.2, -0.15) is 12.6 Å². The third-order valence-corrected chi connectivity index (χ3v) is 7.88. The quantitative estimate of drug-likeness (QED) is 0.248. The molecular formula is C11H19NO6P2S. The van der Waals surface area contributed by atoms with E-state index in [0.29, 0.717) is 18.5 Å². The first kappa shape index (κ1) is 18.7. The van der Waals surface area contributed by atoms with E-state index < -0.39 is 25.8 Å². The first-order chi connectivity index (χ1) is 9.51. The van der Waals surface area contributed by atoms with Crippen LogP contribution in [-0.2, 0) is 15.6 Å². The Morgan fingerprint density at radius 2 is 1.71 bits per heavy atom. The van der Waals surface area contributed by atoms with Gasteiger partial charge in [0.05, 0.1) is 0 Å². The predicted molar refractivity (Wildman–Crippen MR) is 84.4 cm³/mol. The summed E-state index contributed by atoms with van der Waals surface area (Å²) < 4.78 is 22.5. The second-order valence-electron chi connectivity index (χ2n) is 4.80. The minimum atomic E-state index is -4.93. The molecule has 0 saturated heterocycles. The lowest BCUT2D eigenvalue weighted by Gasteiger charge is -2.24. The van der Waals surface area contributed by atoms with Crippen molar-refractivity contribution >= 4 is 33.5 Å². The summed E-state index contributed by atoms with van der Waals surface area (Å²) in [5.41, 5.74) is 7.18. The van der Waals surface area contributed by atoms with Crippen LogP contribution in [0.5, 0.6) is 0 Å². The van der Waals surface area contributed by atoms with E-state index in [1.807, 2.05) is 6.07 Å². The van der Waals surface area contributed by atoms with Crippen LogP contribution in [0.3, 0.4) is 0 Å². The zero-order chi connectivity index (χ0) is 16.3. The maximum absolute atomic E-state index is 11.2. The lowest BCUT2D eigenvalue weighted by atomic mass is 10.1. The van der Waals surface area contributed by atoms with E-state index in [1.165, 1.54) is 0 Å². The predicted octanol–water partition coefficient (Wildman–Crippen LogP) is 1.57. The van der Waals surface area contributed by atoms with Crippen LogP contribution in [-0.4, -0.2) is 30.2 Å². The van der Waals surface area contributed by atoms with Crippen molar-refractivity contribution in [3.63, 3.8) is 0 Å². The highest BCUT2D eigenvalue weighted by Gasteiger charge is 2.47. The Morgan fingerprint density at radius 1 is 1.14 bits per heavy atom. The van der Waals surface area contributed by atoms with Crippen molar-refractivity contribution in [2.24, 2.45) is 0 Å². The van der Waals surface area contributed by atoms with E-state index in [4.69, 9.17) is 25.3 Å². The second-order valence-corrected chi connectivity index (χ2v) is 9.34. The highest BCUT2D eigenvalue weighted by Crippen LogP contribution is 2.62. The van der Waals surface area contributed by atoms with E-state index in [1.54, 1.807) is 18.2 Å². The standard InChI is InChI=1S/C11H19NO6P2S/c12-9-5-1-3-8(7-9)4-2-6-10(21)11(19(13,14)15)20(16,17)18/h1,3,5,7,10-11,21H,2,4,6,12H2,(H2,13,14,15)(H2,16,17,18). The number of hydrogen-bond acceptors (Lipinski definition) is 4. The number of nitrogen functional groups attached to an aromatic ring is 1. The molecule has 0 aliphatic carbocycles. The number of nitrogens with two attached hydrogens (primary N) is 1. The van der Waals surface area contributed by atoms with E-state index in [0.717, 1.165) is 5.56 Å². The molecule has 0 aromatic heterocycles. The Morgan fingerprint density at radius 3 is 2.19 bits per heavy atom. The number of benzene rings is 1. The summed E-state index contributed by atoms with van der Waals surface area (Å²) in [5, 5.41) is -3.16. The minimum absolute atomic E-state index is 0.165. The zero-order valence-electron chi connectivity index (χ0n) is 11.1. The molecule has 21 heavy (non-hydrogen) atoms. The number of rotatable bonds is 7. The van der Waals surface area contributed by atoms with Gasteiger partial charge in [0.2, 0.25) is 0 Å². The maximum Gasteiger partial charge on any atom is 0.341 e. The highest BCUT2D eigenvalue weighted by atomic mass is 32.1. The van der Waals surface area contributed by atoms with Crippen LogP contribution < -0.4 is 5.73 Å². The van der Waals surface area contributed by atoms with Gasteiger partial charge in [-0.1, -0.05) is 12.1 Å². The normalized spacial score (nSPS) is 14.4. The van der Waals surface area contributed by atoms with Crippen LogP contribution in [0.2, 0.25) is 0 Å². The summed E-state index contributed by atoms with van der Waals surface area (Å²) in [6.45, 7) is 0. The fourth-order valence-electron chi connectivity index (χ4n) is 2.06. The molecule has 0 bridgehead atoms. The fraction of sp³-hybridized carbons (Fsp3) is 0.455. The van der Waals surface area contributed by atoms with Gasteiger partial charge in [0.25, 0.3) is 0 Å². The molecule has 7 nitrogen and oxygen atoms in total. The van der Waals surface area contributed by atoms with E-state index in [9.17, 15) is 9.13 Å². The van der Waals surface area contributed by atoms with Crippen molar-refractivity contribution in [1.82, 2.24) is 0 Å². The summed E-state index contributed by atoms with van der Waals surface area (Å²) in [5.74, 6) is 0. The molecule has 0 heterocycles. The number of anilines is 1. The molecular weight excluding hydrogens is 336 g/mol. The van der Waals surface area contributed by atoms with Gasteiger partial charge in [-0.3, -0.25) is 9.13 Å². The van der Waals surface area contributed by atoms with Gasteiger partial charge in [-0.15, -0.1) is 0 Å².